The van der Waals surface area contributed by atoms with Crippen LogP contribution >= 0.6 is 0 Å². The molecule has 0 N–H and O–H groups in total. The molecule has 1 aromatic heterocycles. The first-order valence-electron chi connectivity index (χ1n) is 6.77. The number of aryl methyl sites for hydroxylation is 2. The first-order valence-corrected chi connectivity index (χ1v) is 6.77. The van der Waals surface area contributed by atoms with Gasteiger partial charge in [0, 0.05) is 24.7 Å². The second kappa shape index (κ2) is 6.83. The maximum absolute atomic E-state index is 11.9. The Balaban J connectivity index is 1.83. The van der Waals surface area contributed by atoms with Gasteiger partial charge in [0.25, 0.3) is 0 Å². The predicted octanol–water partition coefficient (Wildman–Crippen LogP) is 3.39. The summed E-state index contributed by atoms with van der Waals surface area (Å²) in [4.78, 5) is 16.2. The fourth-order valence-corrected chi connectivity index (χ4v) is 1.99. The van der Waals surface area contributed by atoms with Crippen LogP contribution in [0.25, 0.3) is 0 Å². The van der Waals surface area contributed by atoms with Gasteiger partial charge in [-0.2, -0.15) is 0 Å². The van der Waals surface area contributed by atoms with Crippen LogP contribution in [0.1, 0.15) is 30.2 Å². The van der Waals surface area contributed by atoms with Crippen LogP contribution in [0.2, 0.25) is 0 Å². The van der Waals surface area contributed by atoms with Crippen LogP contribution in [-0.2, 0) is 24.1 Å². The third kappa shape index (κ3) is 4.32. The van der Waals surface area contributed by atoms with Crippen molar-refractivity contribution in [2.45, 2.75) is 32.6 Å². The molecule has 0 bridgehead atoms. The molecule has 0 aliphatic rings. The fraction of sp³-hybridized carbons (Fsp3) is 0.294. The third-order valence-corrected chi connectivity index (χ3v) is 3.21. The highest BCUT2D eigenvalue weighted by atomic mass is 16.1. The van der Waals surface area contributed by atoms with E-state index < -0.39 is 0 Å². The number of nitrogens with zero attached hydrogens (tertiary/aromatic N) is 1. The van der Waals surface area contributed by atoms with E-state index >= 15 is 0 Å². The number of Topliss-reactive ketones (excluding diaryl/α,β-unsaturated/α-hetero) is 1. The average Bonchev–Trinajstić information content (AvgIpc) is 2.47. The molecule has 1 heterocycles. The first-order chi connectivity index (χ1) is 9.28. The van der Waals surface area contributed by atoms with Gasteiger partial charge in [0.15, 0.2) is 0 Å². The number of carbonyl (C=O) groups excluding carboxylic acids is 1. The summed E-state index contributed by atoms with van der Waals surface area (Å²) in [6.45, 7) is 2.10. The summed E-state index contributed by atoms with van der Waals surface area (Å²) in [5, 5.41) is 0. The molecule has 0 amide bonds. The van der Waals surface area contributed by atoms with E-state index in [1.807, 2.05) is 36.5 Å². The number of carbonyl (C=O) groups is 1. The lowest BCUT2D eigenvalue weighted by atomic mass is 10.0. The van der Waals surface area contributed by atoms with Crippen molar-refractivity contribution < 1.29 is 4.79 Å². The van der Waals surface area contributed by atoms with Gasteiger partial charge in [-0.3, -0.25) is 9.78 Å². The zero-order valence-electron chi connectivity index (χ0n) is 11.3. The minimum Gasteiger partial charge on any atom is -0.299 e. The molecule has 1 aromatic carbocycles. The molecule has 19 heavy (non-hydrogen) atoms. The Hall–Kier alpha value is -1.96. The number of ketones is 1. The molecular formula is C17H19NO. The van der Waals surface area contributed by atoms with Gasteiger partial charge in [-0.25, -0.2) is 0 Å². The lowest BCUT2D eigenvalue weighted by Gasteiger charge is -2.02. The van der Waals surface area contributed by atoms with Gasteiger partial charge in [-0.15, -0.1) is 0 Å². The van der Waals surface area contributed by atoms with E-state index in [9.17, 15) is 4.79 Å². The van der Waals surface area contributed by atoms with Crippen molar-refractivity contribution in [2.24, 2.45) is 0 Å². The minimum atomic E-state index is 0.251. The molecule has 0 saturated heterocycles. The van der Waals surface area contributed by atoms with Crippen molar-refractivity contribution in [1.29, 1.82) is 0 Å². The summed E-state index contributed by atoms with van der Waals surface area (Å²) in [6, 6.07) is 14.1. The molecule has 2 rings (SSSR count). The highest BCUT2D eigenvalue weighted by molar-refractivity contribution is 5.80. The van der Waals surface area contributed by atoms with E-state index in [-0.39, 0.29) is 5.78 Å². The van der Waals surface area contributed by atoms with Gasteiger partial charge < -0.3 is 0 Å². The van der Waals surface area contributed by atoms with E-state index in [4.69, 9.17) is 0 Å². The number of hydrogen-bond donors (Lipinski definition) is 0. The standard InChI is InChI=1S/C17H19NO/c1-2-14-8-10-16(18-13-14)12-17(19)11-9-15-6-4-3-5-7-15/h3-8,10,13H,2,9,11-12H2,1H3. The number of benzene rings is 1. The van der Waals surface area contributed by atoms with Gasteiger partial charge >= 0.3 is 0 Å². The number of pyridine rings is 1. The Morgan fingerprint density at radius 2 is 1.84 bits per heavy atom. The lowest BCUT2D eigenvalue weighted by Crippen LogP contribution is -2.06. The van der Waals surface area contributed by atoms with E-state index in [2.05, 4.69) is 24.0 Å². The highest BCUT2D eigenvalue weighted by Gasteiger charge is 2.05. The van der Waals surface area contributed by atoms with Crippen molar-refractivity contribution in [2.75, 3.05) is 0 Å². The molecule has 0 radical (unpaired) electrons. The van der Waals surface area contributed by atoms with Crippen LogP contribution < -0.4 is 0 Å². The van der Waals surface area contributed by atoms with Crippen molar-refractivity contribution in [1.82, 2.24) is 4.98 Å². The molecule has 2 heteroatoms. The molecule has 0 aliphatic carbocycles. The molecule has 2 nitrogen and oxygen atoms in total. The Morgan fingerprint density at radius 1 is 1.05 bits per heavy atom. The first kappa shape index (κ1) is 13.5. The Labute approximate surface area is 114 Å². The molecule has 0 fully saturated rings. The Kier molecular flexibility index (Phi) is 4.85. The van der Waals surface area contributed by atoms with E-state index in [0.717, 1.165) is 18.5 Å². The number of aromatic nitrogens is 1. The predicted molar refractivity (Wildman–Crippen MR) is 77.1 cm³/mol. The molecular weight excluding hydrogens is 234 g/mol. The monoisotopic (exact) mass is 253 g/mol. The molecule has 98 valence electrons. The minimum absolute atomic E-state index is 0.251. The highest BCUT2D eigenvalue weighted by Crippen LogP contribution is 2.06. The Bertz CT molecular complexity index is 517. The third-order valence-electron chi connectivity index (χ3n) is 3.21. The van der Waals surface area contributed by atoms with Crippen molar-refractivity contribution in [3.8, 4) is 0 Å². The summed E-state index contributed by atoms with van der Waals surface area (Å²) in [5.41, 5.74) is 3.29. The van der Waals surface area contributed by atoms with E-state index in [0.29, 0.717) is 12.8 Å². The second-order valence-electron chi connectivity index (χ2n) is 4.71. The molecule has 0 spiro atoms. The maximum Gasteiger partial charge on any atom is 0.139 e. The topological polar surface area (TPSA) is 30.0 Å². The molecule has 0 unspecified atom stereocenters. The summed E-state index contributed by atoms with van der Waals surface area (Å²) >= 11 is 0. The zero-order chi connectivity index (χ0) is 13.5. The number of rotatable bonds is 6. The largest absolute Gasteiger partial charge is 0.299 e. The second-order valence-corrected chi connectivity index (χ2v) is 4.71. The SMILES string of the molecule is CCc1ccc(CC(=O)CCc2ccccc2)nc1. The smallest absolute Gasteiger partial charge is 0.139 e. The summed E-state index contributed by atoms with van der Waals surface area (Å²) in [7, 11) is 0. The van der Waals surface area contributed by atoms with Crippen molar-refractivity contribution >= 4 is 5.78 Å². The van der Waals surface area contributed by atoms with Crippen LogP contribution in [0.5, 0.6) is 0 Å². The van der Waals surface area contributed by atoms with Crippen LogP contribution in [0, 0.1) is 0 Å². The fourth-order valence-electron chi connectivity index (χ4n) is 1.99. The van der Waals surface area contributed by atoms with Crippen molar-refractivity contribution in [3.05, 3.63) is 65.5 Å². The van der Waals surface area contributed by atoms with E-state index in [1.165, 1.54) is 11.1 Å². The van der Waals surface area contributed by atoms with Crippen LogP contribution in [-0.4, -0.2) is 10.8 Å². The molecule has 0 aliphatic heterocycles. The van der Waals surface area contributed by atoms with Crippen LogP contribution in [0.3, 0.4) is 0 Å². The van der Waals surface area contributed by atoms with Crippen LogP contribution in [0.4, 0.5) is 0 Å². The average molecular weight is 253 g/mol. The van der Waals surface area contributed by atoms with Gasteiger partial charge in [-0.1, -0.05) is 43.3 Å². The molecule has 0 atom stereocenters. The summed E-state index contributed by atoms with van der Waals surface area (Å²) < 4.78 is 0. The van der Waals surface area contributed by atoms with Gasteiger partial charge in [0.1, 0.15) is 5.78 Å². The number of hydrogen-bond acceptors (Lipinski definition) is 2. The molecule has 0 saturated carbocycles. The summed E-state index contributed by atoms with van der Waals surface area (Å²) in [5.74, 6) is 0.251. The normalized spacial score (nSPS) is 10.4. The van der Waals surface area contributed by atoms with Crippen LogP contribution in [0.15, 0.2) is 48.7 Å². The molecule has 2 aromatic rings. The van der Waals surface area contributed by atoms with E-state index in [1.54, 1.807) is 0 Å². The van der Waals surface area contributed by atoms with Gasteiger partial charge in [0.05, 0.1) is 0 Å². The van der Waals surface area contributed by atoms with Gasteiger partial charge in [-0.05, 0) is 30.0 Å². The Morgan fingerprint density at radius 3 is 2.47 bits per heavy atom. The summed E-state index contributed by atoms with van der Waals surface area (Å²) in [6.07, 6.45) is 4.68. The zero-order valence-corrected chi connectivity index (χ0v) is 11.3. The quantitative estimate of drug-likeness (QED) is 0.790. The van der Waals surface area contributed by atoms with Gasteiger partial charge in [0.2, 0.25) is 0 Å². The maximum atomic E-state index is 11.9. The van der Waals surface area contributed by atoms with Crippen molar-refractivity contribution in [3.63, 3.8) is 0 Å². The lowest BCUT2D eigenvalue weighted by molar-refractivity contribution is -0.118.